The average Bonchev–Trinajstić information content (AvgIpc) is 2.97. The second-order valence-corrected chi connectivity index (χ2v) is 5.39. The zero-order valence-corrected chi connectivity index (χ0v) is 10.3. The number of nitrogen functional groups attached to an aromatic ring is 1. The summed E-state index contributed by atoms with van der Waals surface area (Å²) in [5.74, 6) is 0.0983. The Morgan fingerprint density at radius 2 is 1.94 bits per heavy atom. The molecule has 1 fully saturated rings. The van der Waals surface area contributed by atoms with Crippen LogP contribution in [0.3, 0.4) is 0 Å². The molecule has 0 unspecified atom stereocenters. The molecule has 1 aliphatic heterocycles. The fourth-order valence-corrected chi connectivity index (χ4v) is 3.38. The van der Waals surface area contributed by atoms with Gasteiger partial charge in [-0.25, -0.2) is 0 Å². The van der Waals surface area contributed by atoms with Gasteiger partial charge < -0.3 is 10.6 Å². The van der Waals surface area contributed by atoms with Gasteiger partial charge in [0.15, 0.2) is 0 Å². The van der Waals surface area contributed by atoms with Crippen LogP contribution in [0.15, 0.2) is 24.3 Å². The van der Waals surface area contributed by atoms with E-state index in [-0.39, 0.29) is 5.91 Å². The van der Waals surface area contributed by atoms with Crippen molar-refractivity contribution in [1.82, 2.24) is 4.90 Å². The molecule has 1 saturated heterocycles. The summed E-state index contributed by atoms with van der Waals surface area (Å²) in [7, 11) is 0. The fourth-order valence-electron chi connectivity index (χ4n) is 2.29. The van der Waals surface area contributed by atoms with Crippen LogP contribution in [0.2, 0.25) is 0 Å². The number of nitrogens with zero attached hydrogens (tertiary/aromatic N) is 1. The highest BCUT2D eigenvalue weighted by atomic mass is 32.1. The van der Waals surface area contributed by atoms with E-state index in [1.807, 2.05) is 29.2 Å². The monoisotopic (exact) mass is 246 g/mol. The van der Waals surface area contributed by atoms with Crippen molar-refractivity contribution in [2.75, 3.05) is 18.8 Å². The minimum Gasteiger partial charge on any atom is -0.397 e. The number of amides is 1. The predicted octanol–water partition coefficient (Wildman–Crippen LogP) is 2.72. The molecule has 3 rings (SSSR count). The molecule has 4 heteroatoms. The molecular weight excluding hydrogens is 232 g/mol. The van der Waals surface area contributed by atoms with Gasteiger partial charge in [0.25, 0.3) is 5.91 Å². The number of thiophene rings is 1. The molecule has 1 aromatic carbocycles. The summed E-state index contributed by atoms with van der Waals surface area (Å²) >= 11 is 1.50. The Balaban J connectivity index is 2.05. The zero-order valence-electron chi connectivity index (χ0n) is 9.48. The predicted molar refractivity (Wildman–Crippen MR) is 71.4 cm³/mol. The molecule has 1 aromatic heterocycles. The molecule has 17 heavy (non-hydrogen) atoms. The second kappa shape index (κ2) is 4.04. The van der Waals surface area contributed by atoms with Gasteiger partial charge >= 0.3 is 0 Å². The number of hydrogen-bond acceptors (Lipinski definition) is 3. The third-order valence-electron chi connectivity index (χ3n) is 3.22. The topological polar surface area (TPSA) is 46.3 Å². The lowest BCUT2D eigenvalue weighted by molar-refractivity contribution is 0.0798. The van der Waals surface area contributed by atoms with Crippen molar-refractivity contribution in [2.24, 2.45) is 0 Å². The van der Waals surface area contributed by atoms with Crippen LogP contribution in [0.25, 0.3) is 10.1 Å². The molecule has 0 bridgehead atoms. The Morgan fingerprint density at radius 1 is 1.24 bits per heavy atom. The number of likely N-dealkylation sites (tertiary alicyclic amines) is 1. The number of hydrogen-bond donors (Lipinski definition) is 1. The summed E-state index contributed by atoms with van der Waals surface area (Å²) in [6.45, 7) is 1.74. The number of fused-ring (bicyclic) bond motifs is 1. The molecule has 0 radical (unpaired) electrons. The van der Waals surface area contributed by atoms with E-state index in [1.54, 1.807) is 0 Å². The summed E-state index contributed by atoms with van der Waals surface area (Å²) in [5, 5.41) is 1.00. The van der Waals surface area contributed by atoms with Gasteiger partial charge in [-0.1, -0.05) is 18.2 Å². The van der Waals surface area contributed by atoms with Gasteiger partial charge in [-0.15, -0.1) is 11.3 Å². The summed E-state index contributed by atoms with van der Waals surface area (Å²) < 4.78 is 1.09. The Kier molecular flexibility index (Phi) is 2.52. The lowest BCUT2D eigenvalue weighted by Gasteiger charge is -2.14. The summed E-state index contributed by atoms with van der Waals surface area (Å²) in [6, 6.07) is 7.91. The molecule has 0 aliphatic carbocycles. The van der Waals surface area contributed by atoms with Gasteiger partial charge in [-0.05, 0) is 18.9 Å². The number of carbonyl (C=O) groups excluding carboxylic acids is 1. The normalized spacial score (nSPS) is 15.6. The molecule has 0 saturated carbocycles. The smallest absolute Gasteiger partial charge is 0.266 e. The van der Waals surface area contributed by atoms with Crippen molar-refractivity contribution in [3.63, 3.8) is 0 Å². The third-order valence-corrected chi connectivity index (χ3v) is 4.40. The van der Waals surface area contributed by atoms with Crippen molar-refractivity contribution in [1.29, 1.82) is 0 Å². The molecule has 2 heterocycles. The van der Waals surface area contributed by atoms with Crippen LogP contribution in [0, 0.1) is 0 Å². The first kappa shape index (κ1) is 10.6. The van der Waals surface area contributed by atoms with Crippen molar-refractivity contribution in [3.8, 4) is 0 Å². The SMILES string of the molecule is Nc1c(C(=O)N2CCCC2)sc2ccccc12. The van der Waals surface area contributed by atoms with Gasteiger partial charge in [0, 0.05) is 23.2 Å². The van der Waals surface area contributed by atoms with Gasteiger partial charge in [0.1, 0.15) is 4.88 Å². The number of rotatable bonds is 1. The number of anilines is 1. The highest BCUT2D eigenvalue weighted by Gasteiger charge is 2.23. The first-order valence-corrected chi connectivity index (χ1v) is 6.65. The maximum atomic E-state index is 12.3. The van der Waals surface area contributed by atoms with E-state index in [1.165, 1.54) is 11.3 Å². The maximum Gasteiger partial charge on any atom is 0.266 e. The Labute approximate surface area is 104 Å². The molecule has 0 spiro atoms. The number of benzene rings is 1. The van der Waals surface area contributed by atoms with E-state index in [0.29, 0.717) is 10.6 Å². The first-order chi connectivity index (χ1) is 8.27. The lowest BCUT2D eigenvalue weighted by atomic mass is 10.2. The average molecular weight is 246 g/mol. The van der Waals surface area contributed by atoms with Gasteiger partial charge in [-0.3, -0.25) is 4.79 Å². The van der Waals surface area contributed by atoms with Crippen LogP contribution in [0.5, 0.6) is 0 Å². The van der Waals surface area contributed by atoms with Crippen LogP contribution < -0.4 is 5.73 Å². The van der Waals surface area contributed by atoms with Crippen LogP contribution >= 0.6 is 11.3 Å². The van der Waals surface area contributed by atoms with Crippen molar-refractivity contribution in [3.05, 3.63) is 29.1 Å². The fraction of sp³-hybridized carbons (Fsp3) is 0.308. The quantitative estimate of drug-likeness (QED) is 0.841. The summed E-state index contributed by atoms with van der Waals surface area (Å²) in [5.41, 5.74) is 6.71. The van der Waals surface area contributed by atoms with Crippen LogP contribution in [0.1, 0.15) is 22.5 Å². The summed E-state index contributed by atoms with van der Waals surface area (Å²) in [4.78, 5) is 14.9. The standard InChI is InChI=1S/C13H14N2OS/c14-11-9-5-1-2-6-10(9)17-12(11)13(16)15-7-3-4-8-15/h1-2,5-6H,3-4,7-8,14H2. The molecular formula is C13H14N2OS. The van der Waals surface area contributed by atoms with E-state index >= 15 is 0 Å². The van der Waals surface area contributed by atoms with E-state index in [4.69, 9.17) is 5.73 Å². The molecule has 3 nitrogen and oxygen atoms in total. The molecule has 1 amide bonds. The van der Waals surface area contributed by atoms with E-state index in [0.717, 1.165) is 36.0 Å². The minimum absolute atomic E-state index is 0.0983. The van der Waals surface area contributed by atoms with Crippen LogP contribution in [0.4, 0.5) is 5.69 Å². The highest BCUT2D eigenvalue weighted by Crippen LogP contribution is 2.34. The van der Waals surface area contributed by atoms with E-state index < -0.39 is 0 Å². The molecule has 88 valence electrons. The Bertz CT molecular complexity index is 570. The third kappa shape index (κ3) is 1.69. The number of nitrogens with two attached hydrogens (primary N) is 1. The Hall–Kier alpha value is -1.55. The second-order valence-electron chi connectivity index (χ2n) is 4.34. The highest BCUT2D eigenvalue weighted by molar-refractivity contribution is 7.21. The van der Waals surface area contributed by atoms with Crippen molar-refractivity contribution < 1.29 is 4.79 Å². The van der Waals surface area contributed by atoms with Crippen LogP contribution in [-0.2, 0) is 0 Å². The van der Waals surface area contributed by atoms with Crippen molar-refractivity contribution >= 4 is 33.0 Å². The first-order valence-electron chi connectivity index (χ1n) is 5.83. The molecule has 1 aliphatic rings. The lowest BCUT2D eigenvalue weighted by Crippen LogP contribution is -2.27. The minimum atomic E-state index is 0.0983. The van der Waals surface area contributed by atoms with Crippen LogP contribution in [-0.4, -0.2) is 23.9 Å². The van der Waals surface area contributed by atoms with E-state index in [9.17, 15) is 4.79 Å². The molecule has 2 N–H and O–H groups in total. The van der Waals surface area contributed by atoms with Gasteiger partial charge in [0.2, 0.25) is 0 Å². The number of carbonyl (C=O) groups is 1. The largest absolute Gasteiger partial charge is 0.397 e. The molecule has 0 atom stereocenters. The molecule has 2 aromatic rings. The maximum absolute atomic E-state index is 12.3. The van der Waals surface area contributed by atoms with Gasteiger partial charge in [-0.2, -0.15) is 0 Å². The zero-order chi connectivity index (χ0) is 11.8. The summed E-state index contributed by atoms with van der Waals surface area (Å²) in [6.07, 6.45) is 2.22. The van der Waals surface area contributed by atoms with E-state index in [2.05, 4.69) is 0 Å². The Morgan fingerprint density at radius 3 is 2.65 bits per heavy atom. The van der Waals surface area contributed by atoms with Crippen molar-refractivity contribution in [2.45, 2.75) is 12.8 Å². The van der Waals surface area contributed by atoms with Gasteiger partial charge in [0.05, 0.1) is 5.69 Å².